The van der Waals surface area contributed by atoms with Crippen LogP contribution in [0.3, 0.4) is 0 Å². The maximum atomic E-state index is 4.44. The molecule has 0 bridgehead atoms. The number of imidazole rings is 1. The van der Waals surface area contributed by atoms with E-state index in [0.717, 1.165) is 24.3 Å². The fourth-order valence-corrected chi connectivity index (χ4v) is 2.92. The Kier molecular flexibility index (Phi) is 3.08. The van der Waals surface area contributed by atoms with Gasteiger partial charge in [-0.3, -0.25) is 0 Å². The van der Waals surface area contributed by atoms with Gasteiger partial charge in [-0.2, -0.15) is 0 Å². The molecule has 1 aromatic heterocycles. The van der Waals surface area contributed by atoms with Crippen LogP contribution in [-0.4, -0.2) is 15.6 Å². The van der Waals surface area contributed by atoms with E-state index in [1.165, 1.54) is 38.5 Å². The zero-order chi connectivity index (χ0) is 11.7. The molecule has 0 aliphatic heterocycles. The molecule has 0 aromatic carbocycles. The first-order valence-corrected chi connectivity index (χ1v) is 7.10. The largest absolute Gasteiger partial charge is 0.353 e. The van der Waals surface area contributed by atoms with Gasteiger partial charge in [0.05, 0.1) is 0 Å². The molecule has 0 spiro atoms. The Labute approximate surface area is 104 Å². The Hall–Kier alpha value is -0.990. The summed E-state index contributed by atoms with van der Waals surface area (Å²) in [6, 6.07) is 0.694. The first-order valence-electron chi connectivity index (χ1n) is 7.10. The average molecular weight is 233 g/mol. The zero-order valence-corrected chi connectivity index (χ0v) is 10.7. The standard InChI is InChI=1S/C14H23N3/c1-11-4-2-3-5-12(11)10-17-9-8-15-14(17)16-13-6-7-13/h8-9,11-13H,2-7,10H2,1H3,(H,15,16). The van der Waals surface area contributed by atoms with E-state index in [1.54, 1.807) is 0 Å². The highest BCUT2D eigenvalue weighted by Gasteiger charge is 2.25. The summed E-state index contributed by atoms with van der Waals surface area (Å²) in [6.07, 6.45) is 12.3. The second kappa shape index (κ2) is 4.71. The Morgan fingerprint density at radius 2 is 2.12 bits per heavy atom. The molecule has 3 rings (SSSR count). The van der Waals surface area contributed by atoms with Crippen LogP contribution in [0.5, 0.6) is 0 Å². The fraction of sp³-hybridized carbons (Fsp3) is 0.786. The third-order valence-corrected chi connectivity index (χ3v) is 4.35. The van der Waals surface area contributed by atoms with E-state index in [0.29, 0.717) is 6.04 Å². The molecule has 2 fully saturated rings. The molecular weight excluding hydrogens is 210 g/mol. The first-order chi connectivity index (χ1) is 8.33. The van der Waals surface area contributed by atoms with Crippen molar-refractivity contribution in [2.24, 2.45) is 11.8 Å². The van der Waals surface area contributed by atoms with Crippen molar-refractivity contribution in [3.63, 3.8) is 0 Å². The molecule has 2 aliphatic rings. The van der Waals surface area contributed by atoms with E-state index in [2.05, 4.69) is 28.0 Å². The minimum Gasteiger partial charge on any atom is -0.353 e. The number of anilines is 1. The van der Waals surface area contributed by atoms with Crippen LogP contribution >= 0.6 is 0 Å². The summed E-state index contributed by atoms with van der Waals surface area (Å²) < 4.78 is 2.32. The minimum absolute atomic E-state index is 0.694. The molecule has 2 atom stereocenters. The van der Waals surface area contributed by atoms with Crippen LogP contribution in [0.15, 0.2) is 12.4 Å². The normalized spacial score (nSPS) is 29.2. The third kappa shape index (κ3) is 2.64. The van der Waals surface area contributed by atoms with Crippen molar-refractivity contribution in [3.05, 3.63) is 12.4 Å². The van der Waals surface area contributed by atoms with Crippen LogP contribution in [0.1, 0.15) is 45.4 Å². The molecule has 0 saturated heterocycles. The van der Waals surface area contributed by atoms with E-state index in [-0.39, 0.29) is 0 Å². The molecule has 2 aliphatic carbocycles. The number of hydrogen-bond acceptors (Lipinski definition) is 2. The van der Waals surface area contributed by atoms with Crippen molar-refractivity contribution < 1.29 is 0 Å². The number of aromatic nitrogens is 2. The van der Waals surface area contributed by atoms with E-state index in [1.807, 2.05) is 6.20 Å². The van der Waals surface area contributed by atoms with Gasteiger partial charge >= 0.3 is 0 Å². The Morgan fingerprint density at radius 3 is 2.88 bits per heavy atom. The lowest BCUT2D eigenvalue weighted by Gasteiger charge is -2.29. The van der Waals surface area contributed by atoms with Gasteiger partial charge < -0.3 is 9.88 Å². The fourth-order valence-electron chi connectivity index (χ4n) is 2.92. The lowest BCUT2D eigenvalue weighted by atomic mass is 9.80. The summed E-state index contributed by atoms with van der Waals surface area (Å²) in [7, 11) is 0. The topological polar surface area (TPSA) is 29.9 Å². The molecule has 1 aromatic rings. The summed E-state index contributed by atoms with van der Waals surface area (Å²) in [5, 5.41) is 3.52. The number of nitrogens with zero attached hydrogens (tertiary/aromatic N) is 2. The molecular formula is C14H23N3. The second-order valence-electron chi connectivity index (χ2n) is 5.84. The van der Waals surface area contributed by atoms with Gasteiger partial charge in [0.25, 0.3) is 0 Å². The van der Waals surface area contributed by atoms with Gasteiger partial charge in [-0.15, -0.1) is 0 Å². The lowest BCUT2D eigenvalue weighted by molar-refractivity contribution is 0.229. The van der Waals surface area contributed by atoms with Crippen LogP contribution in [0.2, 0.25) is 0 Å². The van der Waals surface area contributed by atoms with Crippen molar-refractivity contribution >= 4 is 5.95 Å². The van der Waals surface area contributed by atoms with E-state index >= 15 is 0 Å². The average Bonchev–Trinajstić information content (AvgIpc) is 3.03. The van der Waals surface area contributed by atoms with E-state index in [4.69, 9.17) is 0 Å². The summed E-state index contributed by atoms with van der Waals surface area (Å²) in [6.45, 7) is 3.56. The Morgan fingerprint density at radius 1 is 1.29 bits per heavy atom. The van der Waals surface area contributed by atoms with E-state index in [9.17, 15) is 0 Å². The maximum absolute atomic E-state index is 4.44. The monoisotopic (exact) mass is 233 g/mol. The smallest absolute Gasteiger partial charge is 0.202 e. The molecule has 1 heterocycles. The van der Waals surface area contributed by atoms with Gasteiger partial charge in [0.1, 0.15) is 0 Å². The molecule has 3 nitrogen and oxygen atoms in total. The summed E-state index contributed by atoms with van der Waals surface area (Å²) in [4.78, 5) is 4.44. The predicted molar refractivity (Wildman–Crippen MR) is 70.0 cm³/mol. The highest BCUT2D eigenvalue weighted by atomic mass is 15.2. The van der Waals surface area contributed by atoms with Gasteiger partial charge in [0.2, 0.25) is 5.95 Å². The molecule has 0 radical (unpaired) electrons. The van der Waals surface area contributed by atoms with Crippen molar-refractivity contribution in [2.45, 2.75) is 58.0 Å². The van der Waals surface area contributed by atoms with Gasteiger partial charge in [0.15, 0.2) is 0 Å². The van der Waals surface area contributed by atoms with Crippen LogP contribution in [0.4, 0.5) is 5.95 Å². The summed E-state index contributed by atoms with van der Waals surface area (Å²) in [5.74, 6) is 2.81. The van der Waals surface area contributed by atoms with E-state index < -0.39 is 0 Å². The van der Waals surface area contributed by atoms with Crippen LogP contribution < -0.4 is 5.32 Å². The Balaban J connectivity index is 1.64. The molecule has 1 N–H and O–H groups in total. The minimum atomic E-state index is 0.694. The summed E-state index contributed by atoms with van der Waals surface area (Å²) >= 11 is 0. The molecule has 94 valence electrons. The highest BCUT2D eigenvalue weighted by molar-refractivity contribution is 5.29. The number of hydrogen-bond donors (Lipinski definition) is 1. The van der Waals surface area contributed by atoms with Gasteiger partial charge in [-0.05, 0) is 31.1 Å². The van der Waals surface area contributed by atoms with Crippen molar-refractivity contribution in [1.29, 1.82) is 0 Å². The molecule has 3 heteroatoms. The SMILES string of the molecule is CC1CCCCC1Cn1ccnc1NC1CC1. The third-order valence-electron chi connectivity index (χ3n) is 4.35. The van der Waals surface area contributed by atoms with Crippen LogP contribution in [0, 0.1) is 11.8 Å². The van der Waals surface area contributed by atoms with Gasteiger partial charge in [-0.25, -0.2) is 4.98 Å². The Bertz CT molecular complexity index is 367. The summed E-state index contributed by atoms with van der Waals surface area (Å²) in [5.41, 5.74) is 0. The van der Waals surface area contributed by atoms with Gasteiger partial charge in [-0.1, -0.05) is 26.2 Å². The lowest BCUT2D eigenvalue weighted by Crippen LogP contribution is -2.22. The second-order valence-corrected chi connectivity index (χ2v) is 5.84. The van der Waals surface area contributed by atoms with Crippen molar-refractivity contribution in [2.75, 3.05) is 5.32 Å². The van der Waals surface area contributed by atoms with Crippen LogP contribution in [-0.2, 0) is 6.54 Å². The first kappa shape index (κ1) is 11.1. The predicted octanol–water partition coefficient (Wildman–Crippen LogP) is 3.28. The molecule has 0 amide bonds. The van der Waals surface area contributed by atoms with Crippen molar-refractivity contribution in [3.8, 4) is 0 Å². The highest BCUT2D eigenvalue weighted by Crippen LogP contribution is 2.32. The molecule has 2 saturated carbocycles. The van der Waals surface area contributed by atoms with Crippen molar-refractivity contribution in [1.82, 2.24) is 9.55 Å². The number of rotatable bonds is 4. The van der Waals surface area contributed by atoms with Gasteiger partial charge in [0, 0.05) is 25.0 Å². The number of nitrogens with one attached hydrogen (secondary N) is 1. The van der Waals surface area contributed by atoms with Crippen LogP contribution in [0.25, 0.3) is 0 Å². The molecule has 2 unspecified atom stereocenters. The molecule has 17 heavy (non-hydrogen) atoms. The maximum Gasteiger partial charge on any atom is 0.202 e. The quantitative estimate of drug-likeness (QED) is 0.865. The zero-order valence-electron chi connectivity index (χ0n) is 10.7.